The number of carbonyl (C=O) groups is 1. The standard InChI is InChI=1S/C23H25ClN2O2S/c1-16(2)12-26(23(27)18-8-10-19(24)11-9-18)13-20-15-29-22(25-20)14-28-21-7-5-4-6-17(21)3/h4-11,15-16H,12-14H2,1-3H3. The summed E-state index contributed by atoms with van der Waals surface area (Å²) in [6.07, 6.45) is 0. The predicted molar refractivity (Wildman–Crippen MR) is 119 cm³/mol. The lowest BCUT2D eigenvalue weighted by Crippen LogP contribution is -2.33. The third-order valence-corrected chi connectivity index (χ3v) is 5.48. The monoisotopic (exact) mass is 428 g/mol. The smallest absolute Gasteiger partial charge is 0.254 e. The molecule has 4 nitrogen and oxygen atoms in total. The molecule has 0 radical (unpaired) electrons. The molecule has 3 aromatic rings. The second kappa shape index (κ2) is 9.90. The van der Waals surface area contributed by atoms with Gasteiger partial charge in [0.05, 0.1) is 12.2 Å². The normalized spacial score (nSPS) is 10.9. The van der Waals surface area contributed by atoms with E-state index < -0.39 is 0 Å². The fourth-order valence-corrected chi connectivity index (χ4v) is 3.80. The highest BCUT2D eigenvalue weighted by Gasteiger charge is 2.19. The number of benzene rings is 2. The van der Waals surface area contributed by atoms with Crippen LogP contribution in [0, 0.1) is 12.8 Å². The summed E-state index contributed by atoms with van der Waals surface area (Å²) in [5.41, 5.74) is 2.61. The largest absolute Gasteiger partial charge is 0.486 e. The van der Waals surface area contributed by atoms with E-state index in [-0.39, 0.29) is 5.91 Å². The third kappa shape index (κ3) is 6.05. The van der Waals surface area contributed by atoms with Crippen molar-refractivity contribution in [1.82, 2.24) is 9.88 Å². The number of carbonyl (C=O) groups excluding carboxylic acids is 1. The molecule has 6 heteroatoms. The van der Waals surface area contributed by atoms with Gasteiger partial charge in [0.1, 0.15) is 17.4 Å². The van der Waals surface area contributed by atoms with Crippen LogP contribution in [0.4, 0.5) is 0 Å². The fraction of sp³-hybridized carbons (Fsp3) is 0.304. The Bertz CT molecular complexity index is 954. The second-order valence-electron chi connectivity index (χ2n) is 7.37. The molecule has 29 heavy (non-hydrogen) atoms. The van der Waals surface area contributed by atoms with Crippen molar-refractivity contribution in [3.05, 3.63) is 80.8 Å². The molecule has 0 aliphatic rings. The van der Waals surface area contributed by atoms with E-state index in [9.17, 15) is 4.79 Å². The average Bonchev–Trinajstić information content (AvgIpc) is 3.14. The van der Waals surface area contributed by atoms with Crippen molar-refractivity contribution < 1.29 is 9.53 Å². The van der Waals surface area contributed by atoms with Gasteiger partial charge in [-0.3, -0.25) is 4.79 Å². The predicted octanol–water partition coefficient (Wildman–Crippen LogP) is 5.98. The maximum atomic E-state index is 13.0. The first-order valence-electron chi connectivity index (χ1n) is 9.59. The maximum Gasteiger partial charge on any atom is 0.254 e. The van der Waals surface area contributed by atoms with Gasteiger partial charge in [0.15, 0.2) is 0 Å². The second-order valence-corrected chi connectivity index (χ2v) is 8.75. The van der Waals surface area contributed by atoms with Gasteiger partial charge in [-0.15, -0.1) is 11.3 Å². The number of para-hydroxylation sites is 1. The zero-order valence-corrected chi connectivity index (χ0v) is 18.5. The molecule has 0 saturated carbocycles. The average molecular weight is 429 g/mol. The quantitative estimate of drug-likeness (QED) is 0.443. The zero-order valence-electron chi connectivity index (χ0n) is 16.9. The van der Waals surface area contributed by atoms with Gasteiger partial charge in [-0.2, -0.15) is 0 Å². The summed E-state index contributed by atoms with van der Waals surface area (Å²) >= 11 is 7.50. The molecular weight excluding hydrogens is 404 g/mol. The molecule has 2 aromatic carbocycles. The van der Waals surface area contributed by atoms with Crippen LogP contribution in [0.5, 0.6) is 5.75 Å². The molecule has 0 aliphatic carbocycles. The number of halogens is 1. The van der Waals surface area contributed by atoms with Crippen molar-refractivity contribution in [2.45, 2.75) is 33.9 Å². The summed E-state index contributed by atoms with van der Waals surface area (Å²) in [5.74, 6) is 1.21. The maximum absolute atomic E-state index is 13.0. The molecule has 3 rings (SSSR count). The Morgan fingerprint density at radius 1 is 1.17 bits per heavy atom. The Labute approximate surface area is 181 Å². The number of aryl methyl sites for hydroxylation is 1. The van der Waals surface area contributed by atoms with E-state index in [0.29, 0.717) is 36.2 Å². The Morgan fingerprint density at radius 2 is 1.90 bits per heavy atom. The lowest BCUT2D eigenvalue weighted by Gasteiger charge is -2.24. The van der Waals surface area contributed by atoms with Crippen LogP contribution in [-0.4, -0.2) is 22.3 Å². The van der Waals surface area contributed by atoms with Crippen LogP contribution >= 0.6 is 22.9 Å². The number of ether oxygens (including phenoxy) is 1. The van der Waals surface area contributed by atoms with Gasteiger partial charge in [-0.1, -0.05) is 43.6 Å². The summed E-state index contributed by atoms with van der Waals surface area (Å²) in [5, 5.41) is 3.51. The Kier molecular flexibility index (Phi) is 7.29. The first-order chi connectivity index (χ1) is 13.9. The fourth-order valence-electron chi connectivity index (χ4n) is 2.98. The highest BCUT2D eigenvalue weighted by molar-refractivity contribution is 7.09. The van der Waals surface area contributed by atoms with Crippen LogP contribution in [0.25, 0.3) is 0 Å². The third-order valence-electron chi connectivity index (χ3n) is 4.36. The van der Waals surface area contributed by atoms with E-state index in [1.807, 2.05) is 41.5 Å². The topological polar surface area (TPSA) is 42.4 Å². The molecule has 1 amide bonds. The van der Waals surface area contributed by atoms with Gasteiger partial charge in [0.25, 0.3) is 5.91 Å². The summed E-state index contributed by atoms with van der Waals surface area (Å²) in [6.45, 7) is 7.78. The zero-order chi connectivity index (χ0) is 20.8. The van der Waals surface area contributed by atoms with Gasteiger partial charge in [0, 0.05) is 22.5 Å². The number of amides is 1. The molecule has 0 unspecified atom stereocenters. The first kappa shape index (κ1) is 21.3. The summed E-state index contributed by atoms with van der Waals surface area (Å²) in [7, 11) is 0. The first-order valence-corrected chi connectivity index (χ1v) is 10.8. The molecule has 0 aliphatic heterocycles. The van der Waals surface area contributed by atoms with Crippen molar-refractivity contribution in [2.75, 3.05) is 6.54 Å². The number of hydrogen-bond acceptors (Lipinski definition) is 4. The number of thiazole rings is 1. The van der Waals surface area contributed by atoms with Crippen molar-refractivity contribution in [3.63, 3.8) is 0 Å². The van der Waals surface area contributed by atoms with Gasteiger partial charge in [0.2, 0.25) is 0 Å². The van der Waals surface area contributed by atoms with E-state index in [4.69, 9.17) is 16.3 Å². The number of aromatic nitrogens is 1. The van der Waals surface area contributed by atoms with Crippen LogP contribution in [0.3, 0.4) is 0 Å². The molecule has 0 fully saturated rings. The molecule has 1 aromatic heterocycles. The number of hydrogen-bond donors (Lipinski definition) is 0. The van der Waals surface area contributed by atoms with E-state index in [0.717, 1.165) is 22.0 Å². The molecule has 0 spiro atoms. The molecule has 152 valence electrons. The van der Waals surface area contributed by atoms with E-state index in [2.05, 4.69) is 18.8 Å². The minimum absolute atomic E-state index is 0.0129. The number of rotatable bonds is 8. The minimum Gasteiger partial charge on any atom is -0.486 e. The summed E-state index contributed by atoms with van der Waals surface area (Å²) in [4.78, 5) is 19.5. The lowest BCUT2D eigenvalue weighted by atomic mass is 10.1. The van der Waals surface area contributed by atoms with Gasteiger partial charge in [-0.05, 0) is 48.7 Å². The van der Waals surface area contributed by atoms with Crippen LogP contribution in [-0.2, 0) is 13.2 Å². The van der Waals surface area contributed by atoms with E-state index in [1.54, 1.807) is 35.6 Å². The van der Waals surface area contributed by atoms with Crippen molar-refractivity contribution >= 4 is 28.8 Å². The van der Waals surface area contributed by atoms with Crippen molar-refractivity contribution in [3.8, 4) is 5.75 Å². The highest BCUT2D eigenvalue weighted by Crippen LogP contribution is 2.20. The van der Waals surface area contributed by atoms with Crippen LogP contribution in [0.1, 0.15) is 40.5 Å². The van der Waals surface area contributed by atoms with Gasteiger partial charge in [-0.25, -0.2) is 4.98 Å². The lowest BCUT2D eigenvalue weighted by molar-refractivity contribution is 0.0720. The summed E-state index contributed by atoms with van der Waals surface area (Å²) < 4.78 is 5.89. The molecule has 0 saturated heterocycles. The van der Waals surface area contributed by atoms with E-state index >= 15 is 0 Å². The Morgan fingerprint density at radius 3 is 2.59 bits per heavy atom. The number of nitrogens with zero attached hydrogens (tertiary/aromatic N) is 2. The molecule has 0 N–H and O–H groups in total. The Hall–Kier alpha value is -2.37. The van der Waals surface area contributed by atoms with Gasteiger partial charge < -0.3 is 9.64 Å². The van der Waals surface area contributed by atoms with Crippen molar-refractivity contribution in [1.29, 1.82) is 0 Å². The molecule has 1 heterocycles. The molecule has 0 atom stereocenters. The van der Waals surface area contributed by atoms with Crippen molar-refractivity contribution in [2.24, 2.45) is 5.92 Å². The highest BCUT2D eigenvalue weighted by atomic mass is 35.5. The summed E-state index contributed by atoms with van der Waals surface area (Å²) in [6, 6.07) is 14.9. The minimum atomic E-state index is -0.0129. The van der Waals surface area contributed by atoms with Crippen LogP contribution in [0.15, 0.2) is 53.9 Å². The van der Waals surface area contributed by atoms with Crippen LogP contribution < -0.4 is 4.74 Å². The van der Waals surface area contributed by atoms with Crippen LogP contribution in [0.2, 0.25) is 5.02 Å². The van der Waals surface area contributed by atoms with E-state index in [1.165, 1.54) is 0 Å². The Balaban J connectivity index is 1.67. The SMILES string of the molecule is Cc1ccccc1OCc1nc(CN(CC(C)C)C(=O)c2ccc(Cl)cc2)cs1. The molecule has 0 bridgehead atoms. The van der Waals surface area contributed by atoms with Gasteiger partial charge >= 0.3 is 0 Å². The molecular formula is C23H25ClN2O2S.